The van der Waals surface area contributed by atoms with Crippen LogP contribution >= 0.6 is 0 Å². The van der Waals surface area contributed by atoms with Gasteiger partial charge in [-0.25, -0.2) is 0 Å². The molecule has 0 aromatic heterocycles. The number of hydrogen-bond donors (Lipinski definition) is 1. The molecule has 3 aromatic carbocycles. The van der Waals surface area contributed by atoms with E-state index in [1.807, 2.05) is 30.3 Å². The second-order valence-electron chi connectivity index (χ2n) is 10.0. The lowest BCUT2D eigenvalue weighted by Gasteiger charge is -2.31. The average molecular weight is 558 g/mol. The van der Waals surface area contributed by atoms with Gasteiger partial charge in [-0.05, 0) is 41.8 Å². The van der Waals surface area contributed by atoms with Gasteiger partial charge in [-0.15, -0.1) is 0 Å². The first-order valence-corrected chi connectivity index (χ1v) is 13.4. The Morgan fingerprint density at radius 3 is 2.49 bits per heavy atom. The molecule has 0 saturated carbocycles. The van der Waals surface area contributed by atoms with Crippen molar-refractivity contribution in [2.75, 3.05) is 39.4 Å². The van der Waals surface area contributed by atoms with Crippen LogP contribution in [-0.2, 0) is 20.9 Å². The van der Waals surface area contributed by atoms with E-state index in [0.717, 1.165) is 5.56 Å². The second kappa shape index (κ2) is 12.3. The van der Waals surface area contributed by atoms with Crippen LogP contribution in [0, 0.1) is 17.0 Å². The van der Waals surface area contributed by atoms with Crippen molar-refractivity contribution < 1.29 is 29.1 Å². The zero-order valence-electron chi connectivity index (χ0n) is 22.7. The summed E-state index contributed by atoms with van der Waals surface area (Å²) in [5.74, 6) is -1.33. The van der Waals surface area contributed by atoms with Crippen LogP contribution in [0.5, 0.6) is 5.75 Å². The normalized spacial score (nSPS) is 19.0. The van der Waals surface area contributed by atoms with Crippen molar-refractivity contribution in [3.63, 3.8) is 0 Å². The molecule has 0 radical (unpaired) electrons. The molecular formula is C31H31N3O7. The Hall–Kier alpha value is -4.54. The SMILES string of the molecule is Cc1cc(OCc2ccccc2)ccc1/C(O)=C1\C(=O)C(=O)N(CCN2CCOCC2)[C@@H]1c1cccc([N+](=O)[O-])c1. The molecule has 1 atom stereocenters. The van der Waals surface area contributed by atoms with E-state index >= 15 is 0 Å². The molecule has 0 spiro atoms. The Balaban J connectivity index is 1.49. The van der Waals surface area contributed by atoms with Gasteiger partial charge in [0.05, 0.1) is 29.8 Å². The fourth-order valence-electron chi connectivity index (χ4n) is 5.22. The van der Waals surface area contributed by atoms with Crippen LogP contribution in [0.2, 0.25) is 0 Å². The number of ketones is 1. The average Bonchev–Trinajstić information content (AvgIpc) is 3.25. The summed E-state index contributed by atoms with van der Waals surface area (Å²) in [7, 11) is 0. The fraction of sp³-hybridized carbons (Fsp3) is 0.290. The lowest BCUT2D eigenvalue weighted by molar-refractivity contribution is -0.384. The topological polar surface area (TPSA) is 122 Å². The molecule has 10 heteroatoms. The number of carbonyl (C=O) groups excluding carboxylic acids is 2. The van der Waals surface area contributed by atoms with Crippen LogP contribution in [0.15, 0.2) is 78.4 Å². The summed E-state index contributed by atoms with van der Waals surface area (Å²) in [6.45, 7) is 5.41. The zero-order valence-corrected chi connectivity index (χ0v) is 22.7. The second-order valence-corrected chi connectivity index (χ2v) is 10.0. The molecule has 0 aliphatic carbocycles. The van der Waals surface area contributed by atoms with Gasteiger partial charge in [0.2, 0.25) is 0 Å². The first-order valence-electron chi connectivity index (χ1n) is 13.4. The molecule has 0 unspecified atom stereocenters. The Bertz CT molecular complexity index is 1480. The first kappa shape index (κ1) is 28.0. The van der Waals surface area contributed by atoms with E-state index in [1.165, 1.54) is 23.1 Å². The maximum absolute atomic E-state index is 13.4. The number of Topliss-reactive ketones (excluding diaryl/α,β-unsaturated/α-hetero) is 1. The third-order valence-corrected chi connectivity index (χ3v) is 7.40. The lowest BCUT2D eigenvalue weighted by atomic mass is 9.93. The molecule has 2 heterocycles. The van der Waals surface area contributed by atoms with Crippen LogP contribution in [0.25, 0.3) is 5.76 Å². The van der Waals surface area contributed by atoms with E-state index in [-0.39, 0.29) is 23.6 Å². The van der Waals surface area contributed by atoms with E-state index in [2.05, 4.69) is 4.90 Å². The number of ether oxygens (including phenoxy) is 2. The van der Waals surface area contributed by atoms with E-state index in [9.17, 15) is 24.8 Å². The number of nitrogens with zero attached hydrogens (tertiary/aromatic N) is 3. The standard InChI is InChI=1S/C31H31N3O7/c1-21-18-25(41-20-22-6-3-2-4-7-22)10-11-26(21)29(35)27-28(23-8-5-9-24(19-23)34(38)39)33(31(37)30(27)36)13-12-32-14-16-40-17-15-32/h2-11,18-19,28,35H,12-17,20H2,1H3/b29-27+/t28-/m1/s1. The number of hydrogen-bond acceptors (Lipinski definition) is 8. The number of likely N-dealkylation sites (tertiary alicyclic amines) is 1. The van der Waals surface area contributed by atoms with Crippen molar-refractivity contribution in [3.05, 3.63) is 111 Å². The predicted octanol–water partition coefficient (Wildman–Crippen LogP) is 4.24. The number of nitro groups is 1. The number of carbonyl (C=O) groups is 2. The highest BCUT2D eigenvalue weighted by Crippen LogP contribution is 2.41. The van der Waals surface area contributed by atoms with Crippen molar-refractivity contribution in [2.24, 2.45) is 0 Å². The summed E-state index contributed by atoms with van der Waals surface area (Å²) < 4.78 is 11.3. The number of aliphatic hydroxyl groups is 1. The number of non-ortho nitro benzene ring substituents is 1. The molecule has 2 aliphatic heterocycles. The van der Waals surface area contributed by atoms with Gasteiger partial charge in [0, 0.05) is 43.9 Å². The molecule has 2 saturated heterocycles. The van der Waals surface area contributed by atoms with Crippen molar-refractivity contribution in [3.8, 4) is 5.75 Å². The minimum atomic E-state index is -0.982. The minimum absolute atomic E-state index is 0.0986. The number of rotatable bonds is 9. The van der Waals surface area contributed by atoms with Gasteiger partial charge < -0.3 is 19.5 Å². The minimum Gasteiger partial charge on any atom is -0.507 e. The molecule has 10 nitrogen and oxygen atoms in total. The first-order chi connectivity index (χ1) is 19.8. The maximum Gasteiger partial charge on any atom is 0.295 e. The molecule has 2 fully saturated rings. The van der Waals surface area contributed by atoms with Crippen LogP contribution in [-0.4, -0.2) is 70.9 Å². The van der Waals surface area contributed by atoms with Crippen molar-refractivity contribution >= 4 is 23.1 Å². The summed E-state index contributed by atoms with van der Waals surface area (Å²) in [5, 5.41) is 23.0. The summed E-state index contributed by atoms with van der Waals surface area (Å²) in [6, 6.07) is 19.7. The highest BCUT2D eigenvalue weighted by atomic mass is 16.6. The van der Waals surface area contributed by atoms with Crippen LogP contribution in [0.1, 0.15) is 28.3 Å². The summed E-state index contributed by atoms with van der Waals surface area (Å²) >= 11 is 0. The van der Waals surface area contributed by atoms with Gasteiger partial charge in [-0.1, -0.05) is 42.5 Å². The number of amides is 1. The molecule has 5 rings (SSSR count). The molecular weight excluding hydrogens is 526 g/mol. The molecule has 3 aromatic rings. The fourth-order valence-corrected chi connectivity index (χ4v) is 5.22. The number of aryl methyl sites for hydroxylation is 1. The summed E-state index contributed by atoms with van der Waals surface area (Å²) in [5.41, 5.74) is 2.13. The molecule has 212 valence electrons. The van der Waals surface area contributed by atoms with Gasteiger partial charge in [0.1, 0.15) is 18.1 Å². The van der Waals surface area contributed by atoms with Crippen LogP contribution in [0.4, 0.5) is 5.69 Å². The van der Waals surface area contributed by atoms with Gasteiger partial charge in [-0.2, -0.15) is 0 Å². The smallest absolute Gasteiger partial charge is 0.295 e. The monoisotopic (exact) mass is 557 g/mol. The summed E-state index contributed by atoms with van der Waals surface area (Å²) in [6.07, 6.45) is 0. The molecule has 2 aliphatic rings. The third kappa shape index (κ3) is 6.13. The molecule has 1 amide bonds. The van der Waals surface area contributed by atoms with E-state index in [0.29, 0.717) is 61.9 Å². The zero-order chi connectivity index (χ0) is 28.9. The van der Waals surface area contributed by atoms with E-state index < -0.39 is 22.7 Å². The quantitative estimate of drug-likeness (QED) is 0.136. The number of aliphatic hydroxyl groups excluding tert-OH is 1. The predicted molar refractivity (Wildman–Crippen MR) is 151 cm³/mol. The van der Waals surface area contributed by atoms with Gasteiger partial charge in [0.25, 0.3) is 17.4 Å². The van der Waals surface area contributed by atoms with Gasteiger partial charge in [-0.3, -0.25) is 24.6 Å². The largest absolute Gasteiger partial charge is 0.507 e. The number of benzene rings is 3. The van der Waals surface area contributed by atoms with Crippen LogP contribution < -0.4 is 4.74 Å². The number of morpholine rings is 1. The van der Waals surface area contributed by atoms with Crippen molar-refractivity contribution in [1.82, 2.24) is 9.80 Å². The van der Waals surface area contributed by atoms with E-state index in [1.54, 1.807) is 31.2 Å². The van der Waals surface area contributed by atoms with Crippen LogP contribution in [0.3, 0.4) is 0 Å². The highest BCUT2D eigenvalue weighted by molar-refractivity contribution is 6.46. The van der Waals surface area contributed by atoms with Gasteiger partial charge >= 0.3 is 0 Å². The third-order valence-electron chi connectivity index (χ3n) is 7.40. The Morgan fingerprint density at radius 2 is 1.78 bits per heavy atom. The van der Waals surface area contributed by atoms with Crippen molar-refractivity contribution in [1.29, 1.82) is 0 Å². The van der Waals surface area contributed by atoms with E-state index in [4.69, 9.17) is 9.47 Å². The van der Waals surface area contributed by atoms with Gasteiger partial charge in [0.15, 0.2) is 0 Å². The Morgan fingerprint density at radius 1 is 1.02 bits per heavy atom. The Labute approximate surface area is 237 Å². The van der Waals surface area contributed by atoms with Crippen molar-refractivity contribution in [2.45, 2.75) is 19.6 Å². The molecule has 0 bridgehead atoms. The maximum atomic E-state index is 13.4. The molecule has 1 N–H and O–H groups in total. The Kier molecular flexibility index (Phi) is 8.42. The summed E-state index contributed by atoms with van der Waals surface area (Å²) in [4.78, 5) is 41.3. The molecule has 41 heavy (non-hydrogen) atoms. The number of nitro benzene ring substituents is 1. The lowest BCUT2D eigenvalue weighted by Crippen LogP contribution is -2.42. The highest BCUT2D eigenvalue weighted by Gasteiger charge is 2.46.